The molecule has 0 aliphatic carbocycles. The molecule has 1 aromatic rings. The molecule has 2 N–H and O–H groups in total. The summed E-state index contributed by atoms with van der Waals surface area (Å²) >= 11 is 1.41. The molecule has 4 nitrogen and oxygen atoms in total. The first-order chi connectivity index (χ1) is 7.59. The number of amides is 1. The third kappa shape index (κ3) is 2.61. The van der Waals surface area contributed by atoms with Crippen LogP contribution in [0, 0.1) is 6.92 Å². The molecule has 0 unspecified atom stereocenters. The van der Waals surface area contributed by atoms with Gasteiger partial charge < -0.3 is 15.2 Å². The Balaban J connectivity index is 1.88. The van der Waals surface area contributed by atoms with Crippen LogP contribution in [0.25, 0.3) is 0 Å². The van der Waals surface area contributed by atoms with E-state index in [1.165, 1.54) is 11.3 Å². The van der Waals surface area contributed by atoms with Gasteiger partial charge in [-0.1, -0.05) is 0 Å². The van der Waals surface area contributed by atoms with E-state index in [2.05, 4.69) is 5.32 Å². The molecule has 16 heavy (non-hydrogen) atoms. The Morgan fingerprint density at radius 1 is 1.75 bits per heavy atom. The highest BCUT2D eigenvalue weighted by molar-refractivity contribution is 7.12. The highest BCUT2D eigenvalue weighted by Crippen LogP contribution is 2.18. The average molecular weight is 241 g/mol. The summed E-state index contributed by atoms with van der Waals surface area (Å²) in [4.78, 5) is 12.4. The Hall–Kier alpha value is -0.910. The van der Waals surface area contributed by atoms with Gasteiger partial charge in [0.05, 0.1) is 11.5 Å². The minimum Gasteiger partial charge on any atom is -0.386 e. The second-order valence-electron chi connectivity index (χ2n) is 4.20. The molecule has 1 fully saturated rings. The zero-order valence-corrected chi connectivity index (χ0v) is 9.97. The molecule has 2 heterocycles. The van der Waals surface area contributed by atoms with E-state index in [9.17, 15) is 9.90 Å². The highest BCUT2D eigenvalue weighted by atomic mass is 32.1. The summed E-state index contributed by atoms with van der Waals surface area (Å²) < 4.78 is 5.10. The van der Waals surface area contributed by atoms with Crippen LogP contribution in [0.4, 0.5) is 0 Å². The van der Waals surface area contributed by atoms with Gasteiger partial charge in [0.2, 0.25) is 0 Å². The molecule has 1 aliphatic rings. The quantitative estimate of drug-likeness (QED) is 0.828. The molecule has 1 aliphatic heterocycles. The van der Waals surface area contributed by atoms with Gasteiger partial charge in [0.25, 0.3) is 5.91 Å². The lowest BCUT2D eigenvalue weighted by atomic mass is 10.0. The SMILES string of the molecule is Cc1csc(C(=O)NC[C@]2(O)CCOC2)c1. The summed E-state index contributed by atoms with van der Waals surface area (Å²) in [6.07, 6.45) is 0.580. The van der Waals surface area contributed by atoms with Crippen molar-refractivity contribution in [1.82, 2.24) is 5.32 Å². The first kappa shape index (κ1) is 11.6. The molecule has 1 amide bonds. The third-order valence-electron chi connectivity index (χ3n) is 2.61. The Morgan fingerprint density at radius 3 is 3.12 bits per heavy atom. The predicted octanol–water partition coefficient (Wildman–Crippen LogP) is 0.938. The first-order valence-corrected chi connectivity index (χ1v) is 6.10. The molecule has 1 saturated heterocycles. The zero-order chi connectivity index (χ0) is 11.6. The summed E-state index contributed by atoms with van der Waals surface area (Å²) in [7, 11) is 0. The van der Waals surface area contributed by atoms with E-state index in [0.29, 0.717) is 24.5 Å². The molecule has 2 rings (SSSR count). The smallest absolute Gasteiger partial charge is 0.261 e. The summed E-state index contributed by atoms with van der Waals surface area (Å²) in [5.41, 5.74) is 0.195. The normalized spacial score (nSPS) is 24.6. The van der Waals surface area contributed by atoms with E-state index in [-0.39, 0.29) is 12.5 Å². The molecule has 5 heteroatoms. The molecule has 0 bridgehead atoms. The van der Waals surface area contributed by atoms with Gasteiger partial charge in [0, 0.05) is 19.6 Å². The highest BCUT2D eigenvalue weighted by Gasteiger charge is 2.32. The van der Waals surface area contributed by atoms with Crippen LogP contribution in [-0.2, 0) is 4.74 Å². The molecule has 1 atom stereocenters. The minimum atomic E-state index is -0.887. The maximum atomic E-state index is 11.7. The van der Waals surface area contributed by atoms with E-state index in [1.54, 1.807) is 0 Å². The Kier molecular flexibility index (Phi) is 3.28. The molecule has 0 saturated carbocycles. The summed E-state index contributed by atoms with van der Waals surface area (Å²) in [6, 6.07) is 1.84. The van der Waals surface area contributed by atoms with Crippen LogP contribution in [0.2, 0.25) is 0 Å². The Labute approximate surface area is 98.2 Å². The van der Waals surface area contributed by atoms with Crippen molar-refractivity contribution in [2.75, 3.05) is 19.8 Å². The maximum Gasteiger partial charge on any atom is 0.261 e. The van der Waals surface area contributed by atoms with Crippen LogP contribution in [0.15, 0.2) is 11.4 Å². The van der Waals surface area contributed by atoms with Crippen LogP contribution in [0.3, 0.4) is 0 Å². The Bertz CT molecular complexity index is 382. The molecular formula is C11H15NO3S. The van der Waals surface area contributed by atoms with Gasteiger partial charge in [-0.15, -0.1) is 11.3 Å². The number of carbonyl (C=O) groups is 1. The molecule has 0 aromatic carbocycles. The third-order valence-corrected chi connectivity index (χ3v) is 3.66. The molecular weight excluding hydrogens is 226 g/mol. The van der Waals surface area contributed by atoms with Gasteiger partial charge in [-0.25, -0.2) is 0 Å². The number of aliphatic hydroxyl groups is 1. The van der Waals surface area contributed by atoms with Crippen molar-refractivity contribution in [1.29, 1.82) is 0 Å². The van der Waals surface area contributed by atoms with E-state index in [4.69, 9.17) is 4.74 Å². The van der Waals surface area contributed by atoms with Crippen LogP contribution in [-0.4, -0.2) is 36.4 Å². The van der Waals surface area contributed by atoms with Gasteiger partial charge in [-0.3, -0.25) is 4.79 Å². The predicted molar refractivity (Wildman–Crippen MR) is 61.8 cm³/mol. The lowest BCUT2D eigenvalue weighted by Crippen LogP contribution is -2.43. The number of nitrogens with one attached hydrogen (secondary N) is 1. The molecule has 0 spiro atoms. The number of ether oxygens (including phenoxy) is 1. The van der Waals surface area contributed by atoms with E-state index < -0.39 is 5.60 Å². The van der Waals surface area contributed by atoms with Gasteiger partial charge >= 0.3 is 0 Å². The van der Waals surface area contributed by atoms with Crippen molar-refractivity contribution in [3.05, 3.63) is 21.9 Å². The topological polar surface area (TPSA) is 58.6 Å². The van der Waals surface area contributed by atoms with Crippen LogP contribution in [0.5, 0.6) is 0 Å². The van der Waals surface area contributed by atoms with Crippen molar-refractivity contribution >= 4 is 17.2 Å². The fourth-order valence-electron chi connectivity index (χ4n) is 1.62. The van der Waals surface area contributed by atoms with Gasteiger partial charge in [-0.05, 0) is 23.9 Å². The maximum absolute atomic E-state index is 11.7. The van der Waals surface area contributed by atoms with Crippen molar-refractivity contribution in [3.8, 4) is 0 Å². The van der Waals surface area contributed by atoms with E-state index in [1.807, 2.05) is 18.4 Å². The number of carbonyl (C=O) groups excluding carboxylic acids is 1. The van der Waals surface area contributed by atoms with Crippen molar-refractivity contribution in [2.45, 2.75) is 18.9 Å². The average Bonchev–Trinajstić information content (AvgIpc) is 2.85. The number of thiophene rings is 1. The van der Waals surface area contributed by atoms with Crippen LogP contribution >= 0.6 is 11.3 Å². The number of hydrogen-bond donors (Lipinski definition) is 2. The fraction of sp³-hybridized carbons (Fsp3) is 0.545. The van der Waals surface area contributed by atoms with Crippen LogP contribution < -0.4 is 5.32 Å². The lowest BCUT2D eigenvalue weighted by Gasteiger charge is -2.20. The standard InChI is InChI=1S/C11H15NO3S/c1-8-4-9(16-5-8)10(13)12-6-11(14)2-3-15-7-11/h4-5,14H,2-3,6-7H2,1H3,(H,12,13)/t11-/m1/s1. The number of rotatable bonds is 3. The summed E-state index contributed by atoms with van der Waals surface area (Å²) in [5.74, 6) is -0.126. The van der Waals surface area contributed by atoms with E-state index in [0.717, 1.165) is 5.56 Å². The molecule has 88 valence electrons. The van der Waals surface area contributed by atoms with Gasteiger partial charge in [0.1, 0.15) is 5.60 Å². The number of aryl methyl sites for hydroxylation is 1. The van der Waals surface area contributed by atoms with Crippen molar-refractivity contribution < 1.29 is 14.6 Å². The van der Waals surface area contributed by atoms with Gasteiger partial charge in [-0.2, -0.15) is 0 Å². The Morgan fingerprint density at radius 2 is 2.56 bits per heavy atom. The van der Waals surface area contributed by atoms with Gasteiger partial charge in [0.15, 0.2) is 0 Å². The second kappa shape index (κ2) is 4.53. The number of hydrogen-bond acceptors (Lipinski definition) is 4. The summed E-state index contributed by atoms with van der Waals surface area (Å²) in [6.45, 7) is 3.07. The van der Waals surface area contributed by atoms with Crippen LogP contribution in [0.1, 0.15) is 21.7 Å². The zero-order valence-electron chi connectivity index (χ0n) is 9.16. The fourth-order valence-corrected chi connectivity index (χ4v) is 2.43. The molecule has 0 radical (unpaired) electrons. The van der Waals surface area contributed by atoms with Crippen molar-refractivity contribution in [2.24, 2.45) is 0 Å². The van der Waals surface area contributed by atoms with E-state index >= 15 is 0 Å². The van der Waals surface area contributed by atoms with Crippen molar-refractivity contribution in [3.63, 3.8) is 0 Å². The molecule has 1 aromatic heterocycles. The minimum absolute atomic E-state index is 0.126. The first-order valence-electron chi connectivity index (χ1n) is 5.23. The monoisotopic (exact) mass is 241 g/mol. The second-order valence-corrected chi connectivity index (χ2v) is 5.11. The lowest BCUT2D eigenvalue weighted by molar-refractivity contribution is 0.0265. The summed E-state index contributed by atoms with van der Waals surface area (Å²) in [5, 5.41) is 14.6. The largest absolute Gasteiger partial charge is 0.386 e.